The fourth-order valence-corrected chi connectivity index (χ4v) is 7.78. The molecular formula is C43H65ClFN5O11. The third-order valence-corrected chi connectivity index (χ3v) is 12.1. The SMILES string of the molecule is CCNCCCOC1C[C@@H](C)NC(=O)C(C)C(O)[C@@H](C)[C@@H](Cl)OC(=O)C(C)C(=O)C[C@H]1OC1CC(N(C)C)CC(C)O1.Nc1cc2c(cc1F)c(=O)c(C(=O)O)cn2C1CC1. The molecule has 1 aromatic heterocycles. The molecule has 1 aromatic carbocycles. The number of anilines is 1. The zero-order valence-corrected chi connectivity index (χ0v) is 37.3. The van der Waals surface area contributed by atoms with Gasteiger partial charge < -0.3 is 55.0 Å². The fourth-order valence-electron chi connectivity index (χ4n) is 7.55. The minimum atomic E-state index is -1.31. The Kier molecular flexibility index (Phi) is 18.5. The average Bonchev–Trinajstić information content (AvgIpc) is 4.05. The summed E-state index contributed by atoms with van der Waals surface area (Å²) < 4.78 is 39.6. The van der Waals surface area contributed by atoms with Gasteiger partial charge in [-0.1, -0.05) is 32.4 Å². The van der Waals surface area contributed by atoms with Crippen molar-refractivity contribution in [3.05, 3.63) is 39.9 Å². The highest BCUT2D eigenvalue weighted by molar-refractivity contribution is 6.20. The smallest absolute Gasteiger partial charge is 0.341 e. The lowest BCUT2D eigenvalue weighted by atomic mass is 9.92. The quantitative estimate of drug-likeness (QED) is 0.0702. The minimum absolute atomic E-state index is 0.0451. The molecule has 3 aliphatic rings. The van der Waals surface area contributed by atoms with E-state index >= 15 is 0 Å². The van der Waals surface area contributed by atoms with Crippen molar-refractivity contribution >= 4 is 51.8 Å². The molecule has 16 nitrogen and oxygen atoms in total. The van der Waals surface area contributed by atoms with Crippen LogP contribution in [0.3, 0.4) is 0 Å². The second-order valence-corrected chi connectivity index (χ2v) is 17.4. The number of nitrogen functional groups attached to an aromatic ring is 1. The highest BCUT2D eigenvalue weighted by Gasteiger charge is 2.40. The summed E-state index contributed by atoms with van der Waals surface area (Å²) in [5.41, 5.74) is 3.70. The second-order valence-electron chi connectivity index (χ2n) is 16.9. The Morgan fingerprint density at radius 3 is 2.39 bits per heavy atom. The number of carbonyl (C=O) groups excluding carboxylic acids is 3. The number of nitrogens with two attached hydrogens (primary N) is 1. The van der Waals surface area contributed by atoms with Gasteiger partial charge in [0.1, 0.15) is 23.1 Å². The van der Waals surface area contributed by atoms with Crippen molar-refractivity contribution in [1.82, 2.24) is 20.1 Å². The molecular weight excluding hydrogens is 817 g/mol. The Labute approximate surface area is 361 Å². The summed E-state index contributed by atoms with van der Waals surface area (Å²) in [6, 6.07) is 2.43. The van der Waals surface area contributed by atoms with E-state index in [9.17, 15) is 33.5 Å². The number of aliphatic hydroxyl groups excluding tert-OH is 1. The maximum Gasteiger partial charge on any atom is 0.341 e. The van der Waals surface area contributed by atoms with Gasteiger partial charge in [-0.3, -0.25) is 19.2 Å². The molecule has 7 unspecified atom stereocenters. The number of alkyl halides is 1. The molecule has 1 saturated carbocycles. The number of carboxylic acid groups (broad SMARTS) is 1. The van der Waals surface area contributed by atoms with Gasteiger partial charge in [0.15, 0.2) is 11.9 Å². The average molecular weight is 882 g/mol. The van der Waals surface area contributed by atoms with Gasteiger partial charge in [-0.05, 0) is 92.2 Å². The molecule has 6 N–H and O–H groups in total. The number of ketones is 1. The Balaban J connectivity index is 0.000000354. The number of aliphatic hydroxyl groups is 1. The number of esters is 1. The van der Waals surface area contributed by atoms with E-state index < -0.39 is 71.1 Å². The molecule has 1 aliphatic carbocycles. The number of rotatable bonds is 11. The number of hydrogen-bond donors (Lipinski definition) is 5. The van der Waals surface area contributed by atoms with E-state index in [1.165, 1.54) is 19.2 Å². The van der Waals surface area contributed by atoms with Crippen LogP contribution in [0.1, 0.15) is 103 Å². The summed E-state index contributed by atoms with van der Waals surface area (Å²) in [6.45, 7) is 12.6. The highest BCUT2D eigenvalue weighted by atomic mass is 35.5. The molecule has 0 spiro atoms. The Morgan fingerprint density at radius 1 is 1.08 bits per heavy atom. The first-order valence-electron chi connectivity index (χ1n) is 21.3. The maximum absolute atomic E-state index is 13.5. The first-order valence-corrected chi connectivity index (χ1v) is 21.7. The number of halogens is 2. The zero-order chi connectivity index (χ0) is 45.3. The molecule has 3 fully saturated rings. The topological polar surface area (TPSA) is 221 Å². The van der Waals surface area contributed by atoms with E-state index in [0.29, 0.717) is 25.0 Å². The van der Waals surface area contributed by atoms with Crippen molar-refractivity contribution in [3.63, 3.8) is 0 Å². The van der Waals surface area contributed by atoms with Crippen LogP contribution < -0.4 is 21.8 Å². The van der Waals surface area contributed by atoms with Crippen LogP contribution in [0, 0.1) is 23.6 Å². The van der Waals surface area contributed by atoms with Gasteiger partial charge >= 0.3 is 11.9 Å². The first-order chi connectivity index (χ1) is 28.7. The van der Waals surface area contributed by atoms with Crippen molar-refractivity contribution in [2.24, 2.45) is 17.8 Å². The van der Waals surface area contributed by atoms with Crippen LogP contribution in [0.5, 0.6) is 0 Å². The largest absolute Gasteiger partial charge is 0.477 e. The number of carbonyl (C=O) groups is 4. The standard InChI is InChI=1S/C30H54ClN3O8.C13H11FN2O3/c1-9-32-11-10-12-39-24-13-17(2)33-29(37)21(6)27(36)20(5)28(31)42-30(38)19(4)23(35)16-25(24)41-26-15-22(34(7)8)14-18(3)40-26;14-9-3-7-11(4-10(9)15)16(6-1-2-6)5-8(12(7)17)13(18)19/h17-22,24-28,32,36H,9-16H2,1-8H3,(H,33,37);3-6H,1-2,15H2,(H,18,19)/t17-,18?,19?,20-,21?,22?,24?,25-,26?,27?,28+;/m1./s1. The van der Waals surface area contributed by atoms with Crippen LogP contribution in [0.2, 0.25) is 0 Å². The van der Waals surface area contributed by atoms with Crippen LogP contribution in [0.25, 0.3) is 10.9 Å². The highest BCUT2D eigenvalue weighted by Crippen LogP contribution is 2.37. The number of Topliss-reactive ketones (excluding diaryl/α,β-unsaturated/α-hetero) is 1. The predicted molar refractivity (Wildman–Crippen MR) is 228 cm³/mol. The third kappa shape index (κ3) is 13.6. The lowest BCUT2D eigenvalue weighted by Crippen LogP contribution is -2.48. The Morgan fingerprint density at radius 2 is 1.77 bits per heavy atom. The summed E-state index contributed by atoms with van der Waals surface area (Å²) in [6.07, 6.45) is 2.46. The Hall–Kier alpha value is -3.71. The lowest BCUT2D eigenvalue weighted by molar-refractivity contribution is -0.240. The maximum atomic E-state index is 13.5. The van der Waals surface area contributed by atoms with Gasteiger partial charge in [0.25, 0.3) is 0 Å². The Bertz CT molecular complexity index is 1900. The van der Waals surface area contributed by atoms with Crippen molar-refractivity contribution < 1.29 is 52.7 Å². The number of benzene rings is 1. The van der Waals surface area contributed by atoms with E-state index in [1.807, 2.05) is 34.9 Å². The number of pyridine rings is 1. The number of fused-ring (bicyclic) bond motifs is 1. The summed E-state index contributed by atoms with van der Waals surface area (Å²) in [5, 5.41) is 26.2. The number of hydrogen-bond acceptors (Lipinski definition) is 13. The molecule has 11 atom stereocenters. The summed E-state index contributed by atoms with van der Waals surface area (Å²) in [7, 11) is 4.04. The van der Waals surface area contributed by atoms with Gasteiger partial charge in [-0.25, -0.2) is 9.18 Å². The van der Waals surface area contributed by atoms with Crippen molar-refractivity contribution in [3.8, 4) is 0 Å². The number of ether oxygens (including phenoxy) is 4. The van der Waals surface area contributed by atoms with Crippen molar-refractivity contribution in [2.45, 2.75) is 141 Å². The fraction of sp³-hybridized carbons (Fsp3) is 0.698. The van der Waals surface area contributed by atoms with Crippen molar-refractivity contribution in [1.29, 1.82) is 0 Å². The second kappa shape index (κ2) is 22.6. The van der Waals surface area contributed by atoms with Gasteiger partial charge in [-0.2, -0.15) is 0 Å². The number of carboxylic acids is 1. The number of nitrogens with zero attached hydrogens (tertiary/aromatic N) is 2. The minimum Gasteiger partial charge on any atom is -0.477 e. The molecule has 342 valence electrons. The van der Waals surface area contributed by atoms with E-state index in [2.05, 4.69) is 15.5 Å². The normalized spacial score (nSPS) is 30.8. The van der Waals surface area contributed by atoms with Gasteiger partial charge in [0.2, 0.25) is 11.3 Å². The van der Waals surface area contributed by atoms with Crippen molar-refractivity contribution in [2.75, 3.05) is 39.5 Å². The molecule has 18 heteroatoms. The molecule has 2 aromatic rings. The third-order valence-electron chi connectivity index (χ3n) is 11.6. The summed E-state index contributed by atoms with van der Waals surface area (Å²) >= 11 is 6.32. The van der Waals surface area contributed by atoms with Crippen LogP contribution in [-0.2, 0) is 33.3 Å². The monoisotopic (exact) mass is 881 g/mol. The molecule has 0 bridgehead atoms. The summed E-state index contributed by atoms with van der Waals surface area (Å²) in [5.74, 6) is -6.24. The molecule has 5 rings (SSSR count). The van der Waals surface area contributed by atoms with E-state index in [1.54, 1.807) is 18.4 Å². The van der Waals surface area contributed by atoms with Crippen LogP contribution in [0.15, 0.2) is 23.1 Å². The van der Waals surface area contributed by atoms with Crippen LogP contribution in [0.4, 0.5) is 10.1 Å². The first kappa shape index (κ1) is 49.9. The molecule has 3 heterocycles. The van der Waals surface area contributed by atoms with Crippen LogP contribution >= 0.6 is 11.6 Å². The van der Waals surface area contributed by atoms with E-state index in [-0.39, 0.29) is 59.0 Å². The van der Waals surface area contributed by atoms with Gasteiger partial charge in [0.05, 0.1) is 41.5 Å². The number of aromatic nitrogens is 1. The van der Waals surface area contributed by atoms with Crippen LogP contribution in [-0.4, -0.2) is 125 Å². The molecule has 2 aliphatic heterocycles. The summed E-state index contributed by atoms with van der Waals surface area (Å²) in [4.78, 5) is 64.8. The molecule has 2 saturated heterocycles. The number of cyclic esters (lactones) is 1. The molecule has 1 amide bonds. The number of nitrogens with one attached hydrogen (secondary N) is 2. The molecule has 0 radical (unpaired) electrons. The van der Waals surface area contributed by atoms with E-state index in [0.717, 1.165) is 44.8 Å². The predicted octanol–water partition coefficient (Wildman–Crippen LogP) is 4.21. The van der Waals surface area contributed by atoms with E-state index in [4.69, 9.17) is 41.4 Å². The molecule has 61 heavy (non-hydrogen) atoms. The lowest BCUT2D eigenvalue weighted by Gasteiger charge is -2.40. The zero-order valence-electron chi connectivity index (χ0n) is 36.5. The van der Waals surface area contributed by atoms with Gasteiger partial charge in [0, 0.05) is 55.1 Å². The number of aromatic carboxylic acids is 1. The number of amides is 1. The van der Waals surface area contributed by atoms with Gasteiger partial charge in [-0.15, -0.1) is 0 Å².